The molecule has 1 aliphatic heterocycles. The summed E-state index contributed by atoms with van der Waals surface area (Å²) in [5.41, 5.74) is 5.28. The van der Waals surface area contributed by atoms with Crippen molar-refractivity contribution in [3.63, 3.8) is 0 Å². The first-order valence-electron chi connectivity index (χ1n) is 6.89. The van der Waals surface area contributed by atoms with Gasteiger partial charge in [0.15, 0.2) is 0 Å². The number of carbonyl (C=O) groups excluding carboxylic acids is 1. The summed E-state index contributed by atoms with van der Waals surface area (Å²) < 4.78 is 0.969. The monoisotopic (exact) mass is 340 g/mol. The van der Waals surface area contributed by atoms with Gasteiger partial charge in [0, 0.05) is 36.8 Å². The smallest absolute Gasteiger partial charge is 0.242 e. The molecule has 1 amide bonds. The maximum atomic E-state index is 12.3. The van der Waals surface area contributed by atoms with E-state index in [4.69, 9.17) is 5.73 Å². The van der Waals surface area contributed by atoms with Gasteiger partial charge in [-0.3, -0.25) is 4.79 Å². The van der Waals surface area contributed by atoms with Crippen LogP contribution >= 0.6 is 15.9 Å². The minimum atomic E-state index is -0.752. The molecule has 1 unspecified atom stereocenters. The van der Waals surface area contributed by atoms with Gasteiger partial charge in [-0.15, -0.1) is 0 Å². The quantitative estimate of drug-likeness (QED) is 0.908. The number of carbonyl (C=O) groups is 1. The van der Waals surface area contributed by atoms with E-state index >= 15 is 0 Å². The number of halogens is 1. The highest BCUT2D eigenvalue weighted by molar-refractivity contribution is 9.10. The topological polar surface area (TPSA) is 62.5 Å². The first-order chi connectivity index (χ1) is 9.44. The number of piperazine rings is 1. The van der Waals surface area contributed by atoms with E-state index in [2.05, 4.69) is 25.8 Å². The average Bonchev–Trinajstić information content (AvgIpc) is 2.47. The van der Waals surface area contributed by atoms with E-state index in [1.807, 2.05) is 24.0 Å². The number of hydrogen-bond acceptors (Lipinski definition) is 4. The molecule has 1 atom stereocenters. The standard InChI is InChI=1S/C14H21BrN4O/c1-3-14(2,16)13(20)19-8-6-18(7-9-19)12-5-4-11(15)10-17-12/h4-5,10H,3,6-9,16H2,1-2H3. The molecule has 0 spiro atoms. The van der Waals surface area contributed by atoms with E-state index in [0.717, 1.165) is 23.4 Å². The van der Waals surface area contributed by atoms with E-state index < -0.39 is 5.54 Å². The molecular weight excluding hydrogens is 320 g/mol. The number of nitrogens with zero attached hydrogens (tertiary/aromatic N) is 3. The molecule has 1 aromatic rings. The Hall–Kier alpha value is -1.14. The van der Waals surface area contributed by atoms with Crippen LogP contribution in [0.25, 0.3) is 0 Å². The van der Waals surface area contributed by atoms with Crippen LogP contribution in [0, 0.1) is 0 Å². The molecule has 2 N–H and O–H groups in total. The Morgan fingerprint density at radius 3 is 2.55 bits per heavy atom. The second-order valence-electron chi connectivity index (χ2n) is 5.38. The summed E-state index contributed by atoms with van der Waals surface area (Å²) in [4.78, 5) is 20.7. The molecule has 1 aromatic heterocycles. The fourth-order valence-corrected chi connectivity index (χ4v) is 2.44. The van der Waals surface area contributed by atoms with Crippen LogP contribution in [-0.4, -0.2) is 47.5 Å². The third-order valence-electron chi connectivity index (χ3n) is 3.83. The molecule has 1 saturated heterocycles. The molecule has 0 bridgehead atoms. The molecule has 2 rings (SSSR count). The van der Waals surface area contributed by atoms with Crippen LogP contribution in [0.2, 0.25) is 0 Å². The highest BCUT2D eigenvalue weighted by Gasteiger charge is 2.32. The summed E-state index contributed by atoms with van der Waals surface area (Å²) >= 11 is 3.38. The highest BCUT2D eigenvalue weighted by Crippen LogP contribution is 2.18. The van der Waals surface area contributed by atoms with Crippen molar-refractivity contribution in [3.05, 3.63) is 22.8 Å². The maximum Gasteiger partial charge on any atom is 0.242 e. The van der Waals surface area contributed by atoms with Crippen molar-refractivity contribution in [2.75, 3.05) is 31.1 Å². The molecule has 5 nitrogen and oxygen atoms in total. The summed E-state index contributed by atoms with van der Waals surface area (Å²) in [5, 5.41) is 0. The molecule has 6 heteroatoms. The molecule has 0 aliphatic carbocycles. The van der Waals surface area contributed by atoms with E-state index in [9.17, 15) is 4.79 Å². The van der Waals surface area contributed by atoms with Crippen LogP contribution in [0.3, 0.4) is 0 Å². The number of anilines is 1. The number of aromatic nitrogens is 1. The third-order valence-corrected chi connectivity index (χ3v) is 4.29. The van der Waals surface area contributed by atoms with Crippen LogP contribution in [-0.2, 0) is 4.79 Å². The lowest BCUT2D eigenvalue weighted by Crippen LogP contribution is -2.58. The number of nitrogens with two attached hydrogens (primary N) is 1. The van der Waals surface area contributed by atoms with Crippen LogP contribution in [0.1, 0.15) is 20.3 Å². The number of hydrogen-bond donors (Lipinski definition) is 1. The van der Waals surface area contributed by atoms with Gasteiger partial charge in [-0.25, -0.2) is 4.98 Å². The van der Waals surface area contributed by atoms with Gasteiger partial charge in [0.25, 0.3) is 0 Å². The molecule has 0 saturated carbocycles. The van der Waals surface area contributed by atoms with E-state index in [0.29, 0.717) is 19.5 Å². The Morgan fingerprint density at radius 2 is 2.05 bits per heavy atom. The minimum absolute atomic E-state index is 0.0448. The summed E-state index contributed by atoms with van der Waals surface area (Å²) in [5.74, 6) is 0.995. The Morgan fingerprint density at radius 1 is 1.40 bits per heavy atom. The van der Waals surface area contributed by atoms with Crippen molar-refractivity contribution < 1.29 is 4.79 Å². The van der Waals surface area contributed by atoms with Crippen molar-refractivity contribution in [2.45, 2.75) is 25.8 Å². The van der Waals surface area contributed by atoms with Gasteiger partial charge in [0.1, 0.15) is 5.82 Å². The predicted molar refractivity (Wildman–Crippen MR) is 83.6 cm³/mol. The first-order valence-corrected chi connectivity index (χ1v) is 7.68. The average molecular weight is 341 g/mol. The summed E-state index contributed by atoms with van der Waals surface area (Å²) in [7, 11) is 0. The first kappa shape index (κ1) is 15.3. The lowest BCUT2D eigenvalue weighted by Gasteiger charge is -2.38. The van der Waals surface area contributed by atoms with Gasteiger partial charge < -0.3 is 15.5 Å². The van der Waals surface area contributed by atoms with Crippen molar-refractivity contribution in [2.24, 2.45) is 5.73 Å². The van der Waals surface area contributed by atoms with Gasteiger partial charge in [0.05, 0.1) is 5.54 Å². The van der Waals surface area contributed by atoms with Crippen molar-refractivity contribution >= 4 is 27.7 Å². The Kier molecular flexibility index (Phi) is 4.65. The van der Waals surface area contributed by atoms with E-state index in [1.54, 1.807) is 13.1 Å². The predicted octanol–water partition coefficient (Wildman–Crippen LogP) is 1.62. The molecule has 0 radical (unpaired) electrons. The van der Waals surface area contributed by atoms with Gasteiger partial charge in [-0.2, -0.15) is 0 Å². The van der Waals surface area contributed by atoms with Crippen LogP contribution in [0.5, 0.6) is 0 Å². The van der Waals surface area contributed by atoms with Crippen LogP contribution in [0.4, 0.5) is 5.82 Å². The minimum Gasteiger partial charge on any atom is -0.353 e. The third kappa shape index (κ3) is 3.30. The summed E-state index contributed by atoms with van der Waals surface area (Å²) in [6.07, 6.45) is 2.45. The zero-order chi connectivity index (χ0) is 14.8. The SMILES string of the molecule is CCC(C)(N)C(=O)N1CCN(c2ccc(Br)cn2)CC1. The lowest BCUT2D eigenvalue weighted by molar-refractivity contribution is -0.136. The zero-order valence-corrected chi connectivity index (χ0v) is 13.6. The number of rotatable bonds is 3. The second kappa shape index (κ2) is 6.10. The molecule has 110 valence electrons. The molecule has 0 aromatic carbocycles. The second-order valence-corrected chi connectivity index (χ2v) is 6.30. The Balaban J connectivity index is 1.96. The summed E-state index contributed by atoms with van der Waals surface area (Å²) in [6, 6.07) is 3.97. The van der Waals surface area contributed by atoms with Gasteiger partial charge in [-0.05, 0) is 41.4 Å². The fourth-order valence-electron chi connectivity index (χ4n) is 2.21. The Labute approximate surface area is 128 Å². The molecule has 1 aliphatic rings. The van der Waals surface area contributed by atoms with Crippen LogP contribution in [0.15, 0.2) is 22.8 Å². The molecule has 20 heavy (non-hydrogen) atoms. The number of pyridine rings is 1. The summed E-state index contributed by atoms with van der Waals surface area (Å²) in [6.45, 7) is 6.73. The highest BCUT2D eigenvalue weighted by atomic mass is 79.9. The van der Waals surface area contributed by atoms with E-state index in [1.165, 1.54) is 0 Å². The zero-order valence-electron chi connectivity index (χ0n) is 12.0. The van der Waals surface area contributed by atoms with Gasteiger partial charge >= 0.3 is 0 Å². The normalized spacial score (nSPS) is 18.8. The lowest BCUT2D eigenvalue weighted by atomic mass is 9.98. The van der Waals surface area contributed by atoms with Crippen molar-refractivity contribution in [3.8, 4) is 0 Å². The fraction of sp³-hybridized carbons (Fsp3) is 0.571. The maximum absolute atomic E-state index is 12.3. The van der Waals surface area contributed by atoms with Gasteiger partial charge in [0.2, 0.25) is 5.91 Å². The molecule has 1 fully saturated rings. The van der Waals surface area contributed by atoms with Gasteiger partial charge in [-0.1, -0.05) is 6.92 Å². The van der Waals surface area contributed by atoms with Crippen molar-refractivity contribution in [1.29, 1.82) is 0 Å². The number of amides is 1. The molecular formula is C14H21BrN4O. The molecule has 2 heterocycles. The van der Waals surface area contributed by atoms with Crippen LogP contribution < -0.4 is 10.6 Å². The van der Waals surface area contributed by atoms with E-state index in [-0.39, 0.29) is 5.91 Å². The Bertz CT molecular complexity index is 467. The van der Waals surface area contributed by atoms with Crippen molar-refractivity contribution in [1.82, 2.24) is 9.88 Å². The largest absolute Gasteiger partial charge is 0.353 e.